The first-order valence-electron chi connectivity index (χ1n) is 8.27. The Morgan fingerprint density at radius 1 is 1.19 bits per heavy atom. The molecular formula is C19H20IN3O3S. The van der Waals surface area contributed by atoms with E-state index in [0.717, 1.165) is 16.5 Å². The molecule has 142 valence electrons. The third-order valence-electron chi connectivity index (χ3n) is 4.47. The van der Waals surface area contributed by atoms with Crippen molar-refractivity contribution in [1.29, 1.82) is 0 Å². The topological polar surface area (TPSA) is 71.4 Å². The van der Waals surface area contributed by atoms with Crippen molar-refractivity contribution in [3.8, 4) is 0 Å². The molecule has 0 aliphatic rings. The summed E-state index contributed by atoms with van der Waals surface area (Å²) in [6.45, 7) is 1.91. The molecule has 3 aromatic rings. The van der Waals surface area contributed by atoms with Crippen molar-refractivity contribution >= 4 is 55.2 Å². The zero-order valence-electron chi connectivity index (χ0n) is 15.2. The number of nitrogens with zero attached hydrogens (tertiary/aromatic N) is 2. The van der Waals surface area contributed by atoms with Crippen LogP contribution in [0.3, 0.4) is 0 Å². The average molecular weight is 497 g/mol. The number of aryl methyl sites for hydroxylation is 1. The summed E-state index contributed by atoms with van der Waals surface area (Å²) in [5.41, 5.74) is 3.15. The van der Waals surface area contributed by atoms with Gasteiger partial charge in [0.1, 0.15) is 0 Å². The number of anilines is 1. The molecule has 6 nitrogen and oxygen atoms in total. The van der Waals surface area contributed by atoms with Gasteiger partial charge in [-0.05, 0) is 42.8 Å². The minimum Gasteiger partial charge on any atom is -0.341 e. The second-order valence-electron chi connectivity index (χ2n) is 6.22. The van der Waals surface area contributed by atoms with Gasteiger partial charge in [-0.25, -0.2) is 17.2 Å². The quantitative estimate of drug-likeness (QED) is 0.439. The van der Waals surface area contributed by atoms with Gasteiger partial charge in [-0.15, -0.1) is 0 Å². The minimum absolute atomic E-state index is 0.228. The lowest BCUT2D eigenvalue weighted by Crippen LogP contribution is -2.34. The molecular weight excluding hydrogens is 477 g/mol. The Hall–Kier alpha value is -2.07. The molecule has 0 saturated carbocycles. The van der Waals surface area contributed by atoms with Crippen LogP contribution in [0.1, 0.15) is 11.1 Å². The van der Waals surface area contributed by atoms with Gasteiger partial charge in [-0.1, -0.05) is 40.3 Å². The first-order chi connectivity index (χ1) is 12.8. The van der Waals surface area contributed by atoms with Crippen LogP contribution in [0, 0.1) is 6.92 Å². The van der Waals surface area contributed by atoms with Crippen molar-refractivity contribution in [3.63, 3.8) is 0 Å². The van der Waals surface area contributed by atoms with Crippen molar-refractivity contribution in [2.75, 3.05) is 19.0 Å². The lowest BCUT2D eigenvalue weighted by atomic mass is 10.1. The number of hydrogen-bond acceptors (Lipinski definition) is 3. The normalized spacial score (nSPS) is 11.6. The SMILES string of the molecule is CNC(=O)N(C)c1cc(CI)c2ccn(S(=O)(=O)c3ccc(C)cc3)c2c1. The molecule has 27 heavy (non-hydrogen) atoms. The van der Waals surface area contributed by atoms with Crippen LogP contribution < -0.4 is 10.2 Å². The monoisotopic (exact) mass is 497 g/mol. The summed E-state index contributed by atoms with van der Waals surface area (Å²) in [6.07, 6.45) is 1.57. The number of carbonyl (C=O) groups excluding carboxylic acids is 1. The van der Waals surface area contributed by atoms with E-state index in [1.807, 2.05) is 13.0 Å². The number of nitrogens with one attached hydrogen (secondary N) is 1. The fraction of sp³-hybridized carbons (Fsp3) is 0.211. The van der Waals surface area contributed by atoms with Gasteiger partial charge >= 0.3 is 6.03 Å². The zero-order chi connectivity index (χ0) is 19.8. The van der Waals surface area contributed by atoms with E-state index < -0.39 is 10.0 Å². The molecule has 1 aromatic heterocycles. The standard InChI is InChI=1S/C19H20IN3O3S/c1-13-4-6-16(7-5-13)27(25,26)23-9-8-17-14(12-20)10-15(11-18(17)23)22(3)19(24)21-2/h4-11H,12H2,1-3H3,(H,21,24). The van der Waals surface area contributed by atoms with Gasteiger partial charge in [0.15, 0.2) is 0 Å². The molecule has 0 radical (unpaired) electrons. The summed E-state index contributed by atoms with van der Waals surface area (Å²) in [5.74, 6) is 0. The Balaban J connectivity index is 2.22. The zero-order valence-corrected chi connectivity index (χ0v) is 18.2. The van der Waals surface area contributed by atoms with Crippen molar-refractivity contribution in [2.45, 2.75) is 16.2 Å². The first kappa shape index (κ1) is 19.7. The summed E-state index contributed by atoms with van der Waals surface area (Å²) >= 11 is 2.24. The second-order valence-corrected chi connectivity index (χ2v) is 8.79. The Morgan fingerprint density at radius 3 is 2.44 bits per heavy atom. The number of aromatic nitrogens is 1. The van der Waals surface area contributed by atoms with Gasteiger partial charge in [0, 0.05) is 35.8 Å². The maximum atomic E-state index is 13.2. The van der Waals surface area contributed by atoms with E-state index in [9.17, 15) is 13.2 Å². The van der Waals surface area contributed by atoms with Gasteiger partial charge in [0.05, 0.1) is 10.4 Å². The molecule has 8 heteroatoms. The molecule has 0 aliphatic heterocycles. The molecule has 0 spiro atoms. The lowest BCUT2D eigenvalue weighted by Gasteiger charge is -2.18. The molecule has 0 bridgehead atoms. The third-order valence-corrected chi connectivity index (χ3v) is 7.00. The molecule has 0 atom stereocenters. The number of carbonyl (C=O) groups is 1. The van der Waals surface area contributed by atoms with Crippen LogP contribution in [-0.4, -0.2) is 32.5 Å². The van der Waals surface area contributed by atoms with E-state index in [2.05, 4.69) is 27.9 Å². The van der Waals surface area contributed by atoms with Crippen LogP contribution >= 0.6 is 22.6 Å². The molecule has 0 unspecified atom stereocenters. The predicted molar refractivity (Wildman–Crippen MR) is 116 cm³/mol. The van der Waals surface area contributed by atoms with E-state index in [0.29, 0.717) is 15.6 Å². The van der Waals surface area contributed by atoms with E-state index in [4.69, 9.17) is 0 Å². The van der Waals surface area contributed by atoms with Gasteiger partial charge in [0.25, 0.3) is 10.0 Å². The highest BCUT2D eigenvalue weighted by molar-refractivity contribution is 14.1. The molecule has 1 heterocycles. The number of amides is 2. The number of benzene rings is 2. The maximum Gasteiger partial charge on any atom is 0.321 e. The summed E-state index contributed by atoms with van der Waals surface area (Å²) in [7, 11) is -0.529. The molecule has 0 saturated heterocycles. The number of urea groups is 1. The number of rotatable bonds is 4. The molecule has 0 fully saturated rings. The number of alkyl halides is 1. The smallest absolute Gasteiger partial charge is 0.321 e. The van der Waals surface area contributed by atoms with Gasteiger partial charge in [-0.2, -0.15) is 0 Å². The summed E-state index contributed by atoms with van der Waals surface area (Å²) < 4.78 is 28.3. The second kappa shape index (κ2) is 7.51. The minimum atomic E-state index is -3.74. The molecule has 3 rings (SSSR count). The molecule has 2 aromatic carbocycles. The van der Waals surface area contributed by atoms with Crippen LogP contribution in [0.4, 0.5) is 10.5 Å². The van der Waals surface area contributed by atoms with E-state index >= 15 is 0 Å². The van der Waals surface area contributed by atoms with Gasteiger partial charge in [-0.3, -0.25) is 4.90 Å². The fourth-order valence-electron chi connectivity index (χ4n) is 2.90. The van der Waals surface area contributed by atoms with E-state index in [1.54, 1.807) is 56.7 Å². The van der Waals surface area contributed by atoms with Crippen molar-refractivity contribution in [2.24, 2.45) is 0 Å². The number of hydrogen-bond donors (Lipinski definition) is 1. The molecule has 0 aliphatic carbocycles. The van der Waals surface area contributed by atoms with Gasteiger partial charge < -0.3 is 5.32 Å². The van der Waals surface area contributed by atoms with Crippen LogP contribution in [0.2, 0.25) is 0 Å². The van der Waals surface area contributed by atoms with Crippen LogP contribution in [0.5, 0.6) is 0 Å². The first-order valence-corrected chi connectivity index (χ1v) is 11.2. The van der Waals surface area contributed by atoms with Crippen LogP contribution in [0.15, 0.2) is 53.6 Å². The van der Waals surface area contributed by atoms with E-state index in [-0.39, 0.29) is 10.9 Å². The summed E-state index contributed by atoms with van der Waals surface area (Å²) in [6, 6.07) is 11.9. The highest BCUT2D eigenvalue weighted by atomic mass is 127. The fourth-order valence-corrected chi connectivity index (χ4v) is 4.87. The Bertz CT molecular complexity index is 1110. The van der Waals surface area contributed by atoms with Crippen molar-refractivity contribution in [3.05, 3.63) is 59.8 Å². The highest BCUT2D eigenvalue weighted by Gasteiger charge is 2.21. The number of fused-ring (bicyclic) bond motifs is 1. The highest BCUT2D eigenvalue weighted by Crippen LogP contribution is 2.31. The van der Waals surface area contributed by atoms with Crippen molar-refractivity contribution < 1.29 is 13.2 Å². The largest absolute Gasteiger partial charge is 0.341 e. The third kappa shape index (κ3) is 3.55. The van der Waals surface area contributed by atoms with Crippen LogP contribution in [0.25, 0.3) is 10.9 Å². The molecule has 1 N–H and O–H groups in total. The maximum absolute atomic E-state index is 13.2. The summed E-state index contributed by atoms with van der Waals surface area (Å²) in [5, 5.41) is 3.43. The number of halogens is 1. The summed E-state index contributed by atoms with van der Waals surface area (Å²) in [4.78, 5) is 13.7. The van der Waals surface area contributed by atoms with Gasteiger partial charge in [0.2, 0.25) is 0 Å². The Labute approximate surface area is 172 Å². The predicted octanol–water partition coefficient (Wildman–Crippen LogP) is 3.90. The Morgan fingerprint density at radius 2 is 1.85 bits per heavy atom. The Kier molecular flexibility index (Phi) is 5.48. The average Bonchev–Trinajstić information content (AvgIpc) is 3.11. The lowest BCUT2D eigenvalue weighted by molar-refractivity contribution is 0.249. The van der Waals surface area contributed by atoms with Crippen molar-refractivity contribution in [1.82, 2.24) is 9.29 Å². The van der Waals surface area contributed by atoms with Crippen LogP contribution in [-0.2, 0) is 14.5 Å². The molecule has 2 amide bonds. The van der Waals surface area contributed by atoms with E-state index in [1.165, 1.54) is 8.87 Å².